The molecule has 4 fully saturated rings. The highest BCUT2D eigenvalue weighted by molar-refractivity contribution is 5.74. The van der Waals surface area contributed by atoms with Crippen LogP contribution >= 0.6 is 0 Å². The van der Waals surface area contributed by atoms with Crippen molar-refractivity contribution < 1.29 is 49.2 Å². The van der Waals surface area contributed by atoms with Crippen molar-refractivity contribution in [1.29, 1.82) is 5.41 Å². The summed E-state index contributed by atoms with van der Waals surface area (Å²) >= 11 is 0. The Morgan fingerprint density at radius 1 is 0.872 bits per heavy atom. The van der Waals surface area contributed by atoms with Gasteiger partial charge in [-0.05, 0) is 26.3 Å². The number of nitrogens with two attached hydrogens (primary N) is 4. The first-order chi connectivity index (χ1) is 18.4. The Labute approximate surface area is 225 Å². The van der Waals surface area contributed by atoms with E-state index in [0.29, 0.717) is 12.8 Å². The fraction of sp³-hybridized carbons (Fsp3) is 0.955. The zero-order valence-corrected chi connectivity index (χ0v) is 21.7. The minimum absolute atomic E-state index is 0.195. The Bertz CT molecular complexity index is 818. The first kappa shape index (κ1) is 30.7. The highest BCUT2D eigenvalue weighted by Gasteiger charge is 2.54. The first-order valence-electron chi connectivity index (χ1n) is 13.1. The summed E-state index contributed by atoms with van der Waals surface area (Å²) in [6.45, 7) is -0.571. The SMILES string of the molecule is CNC1C(O[C@H]2OC(CO)[C@@H](NC(=N)N)C(O)C2O)O[C@H]2CC(N)[C@@H](O[C@@H]3C(N)CC(N)C[C@H]3O)OC2C1O. The Kier molecular flexibility index (Phi) is 9.99. The van der Waals surface area contributed by atoms with Crippen LogP contribution in [0.15, 0.2) is 0 Å². The highest BCUT2D eigenvalue weighted by atomic mass is 16.8. The Morgan fingerprint density at radius 3 is 2.21 bits per heavy atom. The molecule has 0 aromatic rings. The van der Waals surface area contributed by atoms with Crippen LogP contribution in [0.4, 0.5) is 0 Å². The van der Waals surface area contributed by atoms with E-state index in [-0.39, 0.29) is 12.5 Å². The second-order valence-electron chi connectivity index (χ2n) is 10.7. The number of aliphatic hydroxyl groups excluding tert-OH is 5. The van der Waals surface area contributed by atoms with Crippen LogP contribution in [0.5, 0.6) is 0 Å². The molecule has 0 spiro atoms. The normalized spacial score (nSPS) is 50.7. The number of hydrogen-bond donors (Lipinski definition) is 12. The minimum Gasteiger partial charge on any atom is -0.394 e. The largest absolute Gasteiger partial charge is 0.394 e. The minimum atomic E-state index is -1.61. The smallest absolute Gasteiger partial charge is 0.189 e. The summed E-state index contributed by atoms with van der Waals surface area (Å²) in [5.41, 5.74) is 23.7. The fourth-order valence-electron chi connectivity index (χ4n) is 5.82. The Morgan fingerprint density at radius 2 is 1.59 bits per heavy atom. The summed E-state index contributed by atoms with van der Waals surface area (Å²) in [5.74, 6) is -0.479. The van der Waals surface area contributed by atoms with E-state index in [4.69, 9.17) is 52.0 Å². The molecule has 16 atom stereocenters. The Hall–Kier alpha value is -1.29. The zero-order valence-electron chi connectivity index (χ0n) is 21.7. The first-order valence-corrected chi connectivity index (χ1v) is 13.1. The van der Waals surface area contributed by atoms with Gasteiger partial charge >= 0.3 is 0 Å². The molecule has 4 aliphatic rings. The van der Waals surface area contributed by atoms with Crippen molar-refractivity contribution in [3.8, 4) is 0 Å². The van der Waals surface area contributed by atoms with Crippen molar-refractivity contribution in [2.45, 2.75) is 117 Å². The summed E-state index contributed by atoms with van der Waals surface area (Å²) in [4.78, 5) is 0. The van der Waals surface area contributed by atoms with Crippen LogP contribution in [0, 0.1) is 5.41 Å². The maximum absolute atomic E-state index is 11.2. The number of ether oxygens (including phenoxy) is 5. The molecule has 0 bridgehead atoms. The van der Waals surface area contributed by atoms with Gasteiger partial charge in [-0.3, -0.25) is 5.41 Å². The van der Waals surface area contributed by atoms with Crippen molar-refractivity contribution in [1.82, 2.24) is 10.6 Å². The molecule has 17 heteroatoms. The quantitative estimate of drug-likeness (QED) is 0.101. The molecular weight excluding hydrogens is 522 g/mol. The van der Waals surface area contributed by atoms with Gasteiger partial charge in [-0.1, -0.05) is 0 Å². The third-order valence-corrected chi connectivity index (χ3v) is 7.84. The summed E-state index contributed by atoms with van der Waals surface area (Å²) in [6, 6.07) is -3.40. The van der Waals surface area contributed by atoms with Crippen molar-refractivity contribution in [3.63, 3.8) is 0 Å². The van der Waals surface area contributed by atoms with Crippen LogP contribution in [-0.4, -0.2) is 143 Å². The number of likely N-dealkylation sites (N-methyl/N-ethyl adjacent to an activating group) is 1. The summed E-state index contributed by atoms with van der Waals surface area (Å²) < 4.78 is 29.6. The monoisotopic (exact) mass is 565 g/mol. The van der Waals surface area contributed by atoms with E-state index in [0.717, 1.165) is 0 Å². The molecule has 226 valence electrons. The van der Waals surface area contributed by atoms with E-state index in [1.165, 1.54) is 0 Å². The van der Waals surface area contributed by atoms with Crippen molar-refractivity contribution >= 4 is 5.96 Å². The molecule has 3 heterocycles. The molecule has 0 aromatic carbocycles. The van der Waals surface area contributed by atoms with E-state index in [1.807, 2.05) is 0 Å². The van der Waals surface area contributed by atoms with Gasteiger partial charge in [0.15, 0.2) is 24.8 Å². The van der Waals surface area contributed by atoms with Gasteiger partial charge in [0.1, 0.15) is 36.6 Å². The predicted molar refractivity (Wildman–Crippen MR) is 133 cm³/mol. The van der Waals surface area contributed by atoms with E-state index in [2.05, 4.69) is 10.6 Å². The molecule has 3 aliphatic heterocycles. The lowest BCUT2D eigenvalue weighted by molar-refractivity contribution is -0.373. The topological polar surface area (TPSA) is 299 Å². The maximum atomic E-state index is 11.2. The van der Waals surface area contributed by atoms with Gasteiger partial charge in [-0.2, -0.15) is 0 Å². The van der Waals surface area contributed by atoms with Gasteiger partial charge in [0.2, 0.25) is 0 Å². The summed E-state index contributed by atoms with van der Waals surface area (Å²) in [5, 5.41) is 65.3. The second-order valence-corrected chi connectivity index (χ2v) is 10.7. The summed E-state index contributed by atoms with van der Waals surface area (Å²) in [7, 11) is 1.56. The number of hydrogen-bond acceptors (Lipinski definition) is 15. The molecule has 0 aromatic heterocycles. The number of aliphatic hydroxyl groups is 5. The third-order valence-electron chi connectivity index (χ3n) is 7.84. The van der Waals surface area contributed by atoms with Gasteiger partial charge < -0.3 is 82.8 Å². The molecule has 0 radical (unpaired) electrons. The molecule has 1 aliphatic carbocycles. The van der Waals surface area contributed by atoms with Crippen molar-refractivity contribution in [3.05, 3.63) is 0 Å². The predicted octanol–water partition coefficient (Wildman–Crippen LogP) is -6.40. The van der Waals surface area contributed by atoms with Crippen LogP contribution in [0.3, 0.4) is 0 Å². The lowest BCUT2D eigenvalue weighted by Crippen LogP contribution is -2.70. The van der Waals surface area contributed by atoms with Gasteiger partial charge in [0.05, 0.1) is 36.9 Å². The van der Waals surface area contributed by atoms with Gasteiger partial charge in [0.25, 0.3) is 0 Å². The number of fused-ring (bicyclic) bond motifs is 1. The lowest BCUT2D eigenvalue weighted by Gasteiger charge is -2.51. The van der Waals surface area contributed by atoms with Crippen molar-refractivity contribution in [2.75, 3.05) is 13.7 Å². The Balaban J connectivity index is 1.42. The maximum Gasteiger partial charge on any atom is 0.189 e. The number of guanidine groups is 1. The van der Waals surface area contributed by atoms with Gasteiger partial charge in [-0.15, -0.1) is 0 Å². The van der Waals surface area contributed by atoms with Crippen LogP contribution in [0.25, 0.3) is 0 Å². The third kappa shape index (κ3) is 6.47. The standard InChI is InChI=1S/C22H43N7O10/c1-28-13-15(33)18-10(4-8(25)19(38-18)37-17-7(24)2-6(23)3-9(17)31)35-20(13)39-21-16(34)14(32)12(29-22(26)27)11(5-30)36-21/h6-21,28,30-34H,2-5,23-25H2,1H3,(H4,26,27,29)/t6?,7?,8?,9-,10+,11?,12-,13?,14?,15?,16?,17-,18?,19+,20?,21-/m1/s1. The van der Waals surface area contributed by atoms with Gasteiger partial charge in [0, 0.05) is 12.1 Å². The van der Waals surface area contributed by atoms with E-state index in [1.54, 1.807) is 7.05 Å². The molecule has 1 saturated carbocycles. The number of rotatable bonds is 7. The number of nitrogens with one attached hydrogen (secondary N) is 3. The zero-order chi connectivity index (χ0) is 28.6. The van der Waals surface area contributed by atoms with Gasteiger partial charge in [-0.25, -0.2) is 0 Å². The van der Waals surface area contributed by atoms with Crippen LogP contribution in [0.2, 0.25) is 0 Å². The molecule has 0 amide bonds. The van der Waals surface area contributed by atoms with Crippen LogP contribution in [-0.2, 0) is 23.7 Å². The van der Waals surface area contributed by atoms with E-state index < -0.39 is 104 Å². The van der Waals surface area contributed by atoms with E-state index in [9.17, 15) is 25.5 Å². The molecular formula is C22H43N7O10. The molecule has 4 rings (SSSR count). The highest BCUT2D eigenvalue weighted by Crippen LogP contribution is 2.35. The van der Waals surface area contributed by atoms with Crippen LogP contribution < -0.4 is 33.6 Å². The van der Waals surface area contributed by atoms with Crippen molar-refractivity contribution in [2.24, 2.45) is 22.9 Å². The molecule has 16 N–H and O–H groups in total. The molecule has 39 heavy (non-hydrogen) atoms. The molecule has 10 unspecified atom stereocenters. The fourth-order valence-corrected chi connectivity index (χ4v) is 5.82. The lowest BCUT2D eigenvalue weighted by atomic mass is 9.86. The average molecular weight is 566 g/mol. The second kappa shape index (κ2) is 12.7. The molecule has 17 nitrogen and oxygen atoms in total. The van der Waals surface area contributed by atoms with E-state index >= 15 is 0 Å². The average Bonchev–Trinajstić information content (AvgIpc) is 2.86. The molecule has 3 saturated heterocycles. The summed E-state index contributed by atoms with van der Waals surface area (Å²) in [6.07, 6.45) is -11.3. The van der Waals surface area contributed by atoms with Crippen LogP contribution in [0.1, 0.15) is 19.3 Å².